The minimum atomic E-state index is 0.00182. The summed E-state index contributed by atoms with van der Waals surface area (Å²) in [6, 6.07) is 0. The van der Waals surface area contributed by atoms with E-state index >= 15 is 0 Å². The van der Waals surface area contributed by atoms with E-state index in [1.165, 1.54) is 25.7 Å². The third-order valence-electron chi connectivity index (χ3n) is 4.32. The van der Waals surface area contributed by atoms with Gasteiger partial charge in [-0.1, -0.05) is 32.4 Å². The highest BCUT2D eigenvalue weighted by atomic mass is 16.2. The first-order valence-electron chi connectivity index (χ1n) is 8.61. The van der Waals surface area contributed by atoms with Gasteiger partial charge in [-0.05, 0) is 37.5 Å². The van der Waals surface area contributed by atoms with Gasteiger partial charge in [-0.25, -0.2) is 4.99 Å². The predicted octanol–water partition coefficient (Wildman–Crippen LogP) is 2.40. The molecule has 1 rings (SSSR count). The first kappa shape index (κ1) is 19.5. The molecular weight excluding hydrogens is 288 g/mol. The molecule has 5 heteroatoms. The largest absolute Gasteiger partial charge is 0.356 e. The van der Waals surface area contributed by atoms with Gasteiger partial charge in [0.1, 0.15) is 6.54 Å². The lowest BCUT2D eigenvalue weighted by Gasteiger charge is -2.43. The summed E-state index contributed by atoms with van der Waals surface area (Å²) >= 11 is 0. The van der Waals surface area contributed by atoms with Gasteiger partial charge in [-0.2, -0.15) is 0 Å². The highest BCUT2D eigenvalue weighted by Crippen LogP contribution is 2.45. The van der Waals surface area contributed by atoms with Crippen molar-refractivity contribution in [3.63, 3.8) is 0 Å². The van der Waals surface area contributed by atoms with Gasteiger partial charge in [-0.15, -0.1) is 0 Å². The molecule has 0 aromatic rings. The maximum absolute atomic E-state index is 11.7. The van der Waals surface area contributed by atoms with Crippen LogP contribution in [0.3, 0.4) is 0 Å². The van der Waals surface area contributed by atoms with E-state index in [1.807, 2.05) is 6.92 Å². The van der Waals surface area contributed by atoms with Crippen LogP contribution in [0.5, 0.6) is 0 Å². The van der Waals surface area contributed by atoms with E-state index in [2.05, 4.69) is 36.1 Å². The molecule has 1 aliphatic rings. The smallest absolute Gasteiger partial charge is 0.243 e. The fourth-order valence-corrected chi connectivity index (χ4v) is 2.96. The molecule has 0 aliphatic heterocycles. The molecule has 1 amide bonds. The topological polar surface area (TPSA) is 56.7 Å². The van der Waals surface area contributed by atoms with Gasteiger partial charge in [-0.3, -0.25) is 4.79 Å². The molecule has 5 nitrogen and oxygen atoms in total. The van der Waals surface area contributed by atoms with Crippen molar-refractivity contribution in [2.45, 2.75) is 46.5 Å². The number of nitrogens with zero attached hydrogens (tertiary/aromatic N) is 2. The lowest BCUT2D eigenvalue weighted by molar-refractivity contribution is -0.127. The SMILES string of the molecule is C=C(C)CNC(=NCC(=O)N(C)C)NCC1(CC(C)C)CCC1. The quantitative estimate of drug-likeness (QED) is 0.410. The molecule has 0 heterocycles. The van der Waals surface area contributed by atoms with Crippen LogP contribution >= 0.6 is 0 Å². The molecule has 0 aromatic carbocycles. The Kier molecular flexibility index (Phi) is 7.59. The second kappa shape index (κ2) is 8.94. The Labute approximate surface area is 141 Å². The summed E-state index contributed by atoms with van der Waals surface area (Å²) in [6.07, 6.45) is 5.12. The van der Waals surface area contributed by atoms with Crippen LogP contribution in [0.25, 0.3) is 0 Å². The molecule has 0 radical (unpaired) electrons. The second-order valence-electron chi connectivity index (χ2n) is 7.57. The summed E-state index contributed by atoms with van der Waals surface area (Å²) in [6.45, 7) is 12.2. The van der Waals surface area contributed by atoms with Crippen LogP contribution in [-0.2, 0) is 4.79 Å². The molecule has 0 aromatic heterocycles. The van der Waals surface area contributed by atoms with Crippen LogP contribution in [0.15, 0.2) is 17.1 Å². The van der Waals surface area contributed by atoms with E-state index in [0.717, 1.165) is 12.1 Å². The number of likely N-dealkylation sites (N-methyl/N-ethyl adjacent to an activating group) is 1. The van der Waals surface area contributed by atoms with Crippen molar-refractivity contribution in [1.82, 2.24) is 15.5 Å². The zero-order chi connectivity index (χ0) is 17.5. The Morgan fingerprint density at radius 3 is 2.39 bits per heavy atom. The molecule has 0 unspecified atom stereocenters. The van der Waals surface area contributed by atoms with E-state index in [9.17, 15) is 4.79 Å². The Hall–Kier alpha value is -1.52. The van der Waals surface area contributed by atoms with Gasteiger partial charge < -0.3 is 15.5 Å². The Bertz CT molecular complexity index is 436. The zero-order valence-electron chi connectivity index (χ0n) is 15.5. The number of aliphatic imine (C=N–C) groups is 1. The van der Waals surface area contributed by atoms with Gasteiger partial charge in [0.25, 0.3) is 0 Å². The minimum absolute atomic E-state index is 0.00182. The van der Waals surface area contributed by atoms with Crippen molar-refractivity contribution in [3.8, 4) is 0 Å². The third-order valence-corrected chi connectivity index (χ3v) is 4.32. The number of rotatable bonds is 8. The molecule has 0 saturated heterocycles. The van der Waals surface area contributed by atoms with E-state index in [0.29, 0.717) is 23.8 Å². The molecule has 1 fully saturated rings. The fourth-order valence-electron chi connectivity index (χ4n) is 2.96. The predicted molar refractivity (Wildman–Crippen MR) is 97.6 cm³/mol. The van der Waals surface area contributed by atoms with Crippen molar-refractivity contribution in [2.75, 3.05) is 33.7 Å². The van der Waals surface area contributed by atoms with E-state index in [4.69, 9.17) is 0 Å². The number of carbonyl (C=O) groups excluding carboxylic acids is 1. The average molecular weight is 322 g/mol. The van der Waals surface area contributed by atoms with Crippen molar-refractivity contribution < 1.29 is 4.79 Å². The van der Waals surface area contributed by atoms with Gasteiger partial charge in [0.15, 0.2) is 5.96 Å². The van der Waals surface area contributed by atoms with E-state index in [-0.39, 0.29) is 12.5 Å². The molecule has 1 saturated carbocycles. The molecule has 0 atom stereocenters. The van der Waals surface area contributed by atoms with Crippen molar-refractivity contribution in [3.05, 3.63) is 12.2 Å². The number of guanidine groups is 1. The summed E-state index contributed by atoms with van der Waals surface area (Å²) in [5.74, 6) is 1.41. The summed E-state index contributed by atoms with van der Waals surface area (Å²) in [5, 5.41) is 6.70. The van der Waals surface area contributed by atoms with Crippen LogP contribution in [0.2, 0.25) is 0 Å². The molecular formula is C18H34N4O. The van der Waals surface area contributed by atoms with Crippen molar-refractivity contribution >= 4 is 11.9 Å². The van der Waals surface area contributed by atoms with Crippen LogP contribution < -0.4 is 10.6 Å². The van der Waals surface area contributed by atoms with Crippen LogP contribution in [0.1, 0.15) is 46.5 Å². The first-order chi connectivity index (χ1) is 10.7. The molecule has 132 valence electrons. The molecule has 1 aliphatic carbocycles. The number of nitrogens with one attached hydrogen (secondary N) is 2. The van der Waals surface area contributed by atoms with Crippen molar-refractivity contribution in [2.24, 2.45) is 16.3 Å². The normalized spacial score (nSPS) is 16.7. The van der Waals surface area contributed by atoms with Crippen LogP contribution in [0.4, 0.5) is 0 Å². The summed E-state index contributed by atoms with van der Waals surface area (Å²) in [4.78, 5) is 17.7. The number of carbonyl (C=O) groups is 1. The third kappa shape index (κ3) is 7.06. The van der Waals surface area contributed by atoms with Crippen LogP contribution in [0, 0.1) is 11.3 Å². The average Bonchev–Trinajstić information content (AvgIpc) is 2.41. The highest BCUT2D eigenvalue weighted by Gasteiger charge is 2.37. The molecule has 0 bridgehead atoms. The molecule has 23 heavy (non-hydrogen) atoms. The number of amides is 1. The number of hydrogen-bond acceptors (Lipinski definition) is 2. The first-order valence-corrected chi connectivity index (χ1v) is 8.61. The summed E-state index contributed by atoms with van der Waals surface area (Å²) in [7, 11) is 3.50. The monoisotopic (exact) mass is 322 g/mol. The van der Waals surface area contributed by atoms with Gasteiger partial charge in [0.05, 0.1) is 0 Å². The van der Waals surface area contributed by atoms with Gasteiger partial charge in [0, 0.05) is 27.2 Å². The minimum Gasteiger partial charge on any atom is -0.356 e. The zero-order valence-corrected chi connectivity index (χ0v) is 15.5. The Balaban J connectivity index is 2.62. The van der Waals surface area contributed by atoms with Gasteiger partial charge >= 0.3 is 0 Å². The Morgan fingerprint density at radius 1 is 1.30 bits per heavy atom. The van der Waals surface area contributed by atoms with E-state index in [1.54, 1.807) is 19.0 Å². The summed E-state index contributed by atoms with van der Waals surface area (Å²) < 4.78 is 0. The second-order valence-corrected chi connectivity index (χ2v) is 7.57. The molecule has 0 spiro atoms. The fraction of sp³-hybridized carbons (Fsp3) is 0.778. The highest BCUT2D eigenvalue weighted by molar-refractivity contribution is 5.84. The lowest BCUT2D eigenvalue weighted by atomic mass is 9.64. The maximum Gasteiger partial charge on any atom is 0.243 e. The standard InChI is InChI=1S/C18H34N4O/c1-14(2)10-18(8-7-9-18)13-21-17(19-11-15(3)4)20-12-16(23)22(5)6/h14H,3,7-13H2,1-2,4-6H3,(H2,19,20,21). The lowest BCUT2D eigenvalue weighted by Crippen LogP contribution is -2.47. The van der Waals surface area contributed by atoms with Gasteiger partial charge in [0.2, 0.25) is 5.91 Å². The number of hydrogen-bond donors (Lipinski definition) is 2. The van der Waals surface area contributed by atoms with Crippen LogP contribution in [-0.4, -0.2) is 50.5 Å². The van der Waals surface area contributed by atoms with E-state index < -0.39 is 0 Å². The van der Waals surface area contributed by atoms with Crippen molar-refractivity contribution in [1.29, 1.82) is 0 Å². The Morgan fingerprint density at radius 2 is 1.96 bits per heavy atom. The summed E-state index contributed by atoms with van der Waals surface area (Å²) in [5.41, 5.74) is 1.43. The maximum atomic E-state index is 11.7. The molecule has 2 N–H and O–H groups in total.